The summed E-state index contributed by atoms with van der Waals surface area (Å²) in [4.78, 5) is 8.61. The minimum Gasteiger partial charge on any atom is -0.496 e. The molecule has 0 aliphatic carbocycles. The third-order valence-electron chi connectivity index (χ3n) is 2.94. The van der Waals surface area contributed by atoms with Gasteiger partial charge in [0.25, 0.3) is 0 Å². The van der Waals surface area contributed by atoms with Crippen molar-refractivity contribution in [2.75, 3.05) is 19.0 Å². The van der Waals surface area contributed by atoms with Crippen LogP contribution in [-0.2, 0) is 0 Å². The van der Waals surface area contributed by atoms with Gasteiger partial charge in [-0.2, -0.15) is 0 Å². The van der Waals surface area contributed by atoms with Crippen LogP contribution in [0.25, 0.3) is 11.1 Å². The predicted molar refractivity (Wildman–Crippen MR) is 77.7 cm³/mol. The van der Waals surface area contributed by atoms with E-state index >= 15 is 0 Å². The lowest BCUT2D eigenvalue weighted by atomic mass is 9.99. The van der Waals surface area contributed by atoms with Crippen LogP contribution in [0.2, 0.25) is 0 Å². The largest absolute Gasteiger partial charge is 0.496 e. The van der Waals surface area contributed by atoms with Gasteiger partial charge in [-0.15, -0.1) is 0 Å². The van der Waals surface area contributed by atoms with E-state index in [0.717, 1.165) is 29.0 Å². The smallest absolute Gasteiger partial charge is 0.222 e. The second kappa shape index (κ2) is 5.69. The third kappa shape index (κ3) is 2.84. The summed E-state index contributed by atoms with van der Waals surface area (Å²) in [5.74, 6) is 1.51. The zero-order chi connectivity index (χ0) is 13.8. The van der Waals surface area contributed by atoms with Gasteiger partial charge in [0.1, 0.15) is 5.75 Å². The number of methoxy groups -OCH3 is 1. The van der Waals surface area contributed by atoms with Gasteiger partial charge in [-0.1, -0.05) is 6.07 Å². The van der Waals surface area contributed by atoms with Crippen LogP contribution in [0.1, 0.15) is 18.1 Å². The highest BCUT2D eigenvalue weighted by Gasteiger charge is 2.11. The Morgan fingerprint density at radius 2 is 1.84 bits per heavy atom. The van der Waals surface area contributed by atoms with Gasteiger partial charge in [-0.05, 0) is 38.0 Å². The van der Waals surface area contributed by atoms with Crippen molar-refractivity contribution in [2.24, 2.45) is 0 Å². The Kier molecular flexibility index (Phi) is 4.00. The fourth-order valence-corrected chi connectivity index (χ4v) is 2.17. The molecule has 1 aromatic heterocycles. The number of anilines is 1. The van der Waals surface area contributed by atoms with Crippen LogP contribution in [0.5, 0.6) is 5.75 Å². The van der Waals surface area contributed by atoms with E-state index in [-0.39, 0.29) is 0 Å². The van der Waals surface area contributed by atoms with Crippen LogP contribution in [0, 0.1) is 13.8 Å². The van der Waals surface area contributed by atoms with E-state index in [0.29, 0.717) is 5.95 Å². The standard InChI is InChI=1S/C15H19N3O/c1-5-16-15-17-8-12(9-18-15)14-11(3)6-10(2)7-13(14)19-4/h6-9H,5H2,1-4H3,(H,16,17,18). The molecule has 0 bridgehead atoms. The topological polar surface area (TPSA) is 47.0 Å². The van der Waals surface area contributed by atoms with Gasteiger partial charge in [0.15, 0.2) is 0 Å². The molecule has 0 aliphatic rings. The van der Waals surface area contributed by atoms with Crippen LogP contribution in [0.3, 0.4) is 0 Å². The zero-order valence-corrected chi connectivity index (χ0v) is 11.8. The molecule has 4 heteroatoms. The van der Waals surface area contributed by atoms with Crippen LogP contribution in [0.4, 0.5) is 5.95 Å². The summed E-state index contributed by atoms with van der Waals surface area (Å²) in [5, 5.41) is 3.09. The van der Waals surface area contributed by atoms with Gasteiger partial charge in [0.2, 0.25) is 5.95 Å². The molecule has 0 unspecified atom stereocenters. The zero-order valence-electron chi connectivity index (χ0n) is 11.8. The Morgan fingerprint density at radius 3 is 2.42 bits per heavy atom. The monoisotopic (exact) mass is 257 g/mol. The maximum absolute atomic E-state index is 5.47. The number of ether oxygens (including phenoxy) is 1. The fraction of sp³-hybridized carbons (Fsp3) is 0.333. The van der Waals surface area contributed by atoms with Gasteiger partial charge in [-0.3, -0.25) is 0 Å². The van der Waals surface area contributed by atoms with E-state index < -0.39 is 0 Å². The van der Waals surface area contributed by atoms with Crippen molar-refractivity contribution in [1.82, 2.24) is 9.97 Å². The van der Waals surface area contributed by atoms with Crippen molar-refractivity contribution in [3.63, 3.8) is 0 Å². The van der Waals surface area contributed by atoms with Crippen molar-refractivity contribution in [2.45, 2.75) is 20.8 Å². The molecule has 1 heterocycles. The van der Waals surface area contributed by atoms with Crippen molar-refractivity contribution in [1.29, 1.82) is 0 Å². The number of nitrogens with one attached hydrogen (secondary N) is 1. The molecule has 0 radical (unpaired) electrons. The highest BCUT2D eigenvalue weighted by Crippen LogP contribution is 2.33. The first-order valence-electron chi connectivity index (χ1n) is 6.37. The molecule has 0 fully saturated rings. The van der Waals surface area contributed by atoms with Gasteiger partial charge in [-0.25, -0.2) is 9.97 Å². The first-order chi connectivity index (χ1) is 9.15. The maximum atomic E-state index is 5.47. The Balaban J connectivity index is 2.46. The average molecular weight is 257 g/mol. The van der Waals surface area contributed by atoms with E-state index in [2.05, 4.69) is 35.2 Å². The number of hydrogen-bond donors (Lipinski definition) is 1. The first-order valence-corrected chi connectivity index (χ1v) is 6.37. The molecular weight excluding hydrogens is 238 g/mol. The molecule has 2 rings (SSSR count). The quantitative estimate of drug-likeness (QED) is 0.913. The molecule has 0 saturated heterocycles. The number of hydrogen-bond acceptors (Lipinski definition) is 4. The fourth-order valence-electron chi connectivity index (χ4n) is 2.17. The number of benzene rings is 1. The molecule has 2 aromatic rings. The highest BCUT2D eigenvalue weighted by atomic mass is 16.5. The number of aryl methyl sites for hydroxylation is 2. The molecule has 0 spiro atoms. The maximum Gasteiger partial charge on any atom is 0.222 e. The van der Waals surface area contributed by atoms with Crippen LogP contribution >= 0.6 is 0 Å². The third-order valence-corrected chi connectivity index (χ3v) is 2.94. The summed E-state index contributed by atoms with van der Waals surface area (Å²) < 4.78 is 5.47. The summed E-state index contributed by atoms with van der Waals surface area (Å²) >= 11 is 0. The number of aromatic nitrogens is 2. The first kappa shape index (κ1) is 13.3. The Labute approximate surface area is 113 Å². The Bertz CT molecular complexity index is 564. The summed E-state index contributed by atoms with van der Waals surface area (Å²) in [7, 11) is 1.69. The second-order valence-corrected chi connectivity index (χ2v) is 4.48. The second-order valence-electron chi connectivity index (χ2n) is 4.48. The lowest BCUT2D eigenvalue weighted by Crippen LogP contribution is -2.02. The lowest BCUT2D eigenvalue weighted by molar-refractivity contribution is 0.416. The molecule has 0 atom stereocenters. The van der Waals surface area contributed by atoms with Crippen LogP contribution in [0.15, 0.2) is 24.5 Å². The molecule has 100 valence electrons. The molecule has 4 nitrogen and oxygen atoms in total. The highest BCUT2D eigenvalue weighted by molar-refractivity contribution is 5.73. The van der Waals surface area contributed by atoms with Gasteiger partial charge >= 0.3 is 0 Å². The number of nitrogens with zero attached hydrogens (tertiary/aromatic N) is 2. The molecule has 0 saturated carbocycles. The Morgan fingerprint density at radius 1 is 1.16 bits per heavy atom. The minimum atomic E-state index is 0.648. The Hall–Kier alpha value is -2.10. The molecule has 1 N–H and O–H groups in total. The van der Waals surface area contributed by atoms with Crippen molar-refractivity contribution in [3.8, 4) is 16.9 Å². The normalized spacial score (nSPS) is 10.3. The molecule has 1 aromatic carbocycles. The molecule has 19 heavy (non-hydrogen) atoms. The molecule has 0 aliphatic heterocycles. The van der Waals surface area contributed by atoms with Crippen molar-refractivity contribution >= 4 is 5.95 Å². The van der Waals surface area contributed by atoms with E-state index in [1.807, 2.05) is 25.4 Å². The average Bonchev–Trinajstić information content (AvgIpc) is 2.39. The van der Waals surface area contributed by atoms with Gasteiger partial charge in [0, 0.05) is 30.1 Å². The summed E-state index contributed by atoms with van der Waals surface area (Å²) in [6, 6.07) is 4.16. The van der Waals surface area contributed by atoms with Crippen LogP contribution < -0.4 is 10.1 Å². The van der Waals surface area contributed by atoms with E-state index in [1.54, 1.807) is 7.11 Å². The molecular formula is C15H19N3O. The van der Waals surface area contributed by atoms with E-state index in [1.165, 1.54) is 5.56 Å². The van der Waals surface area contributed by atoms with Gasteiger partial charge in [0.05, 0.1) is 7.11 Å². The van der Waals surface area contributed by atoms with Crippen molar-refractivity contribution < 1.29 is 4.74 Å². The number of rotatable bonds is 4. The van der Waals surface area contributed by atoms with E-state index in [4.69, 9.17) is 4.74 Å². The van der Waals surface area contributed by atoms with Crippen molar-refractivity contribution in [3.05, 3.63) is 35.7 Å². The molecule has 0 amide bonds. The van der Waals surface area contributed by atoms with E-state index in [9.17, 15) is 0 Å². The summed E-state index contributed by atoms with van der Waals surface area (Å²) in [5.41, 5.74) is 4.37. The SMILES string of the molecule is CCNc1ncc(-c2c(C)cc(C)cc2OC)cn1. The van der Waals surface area contributed by atoms with Gasteiger partial charge < -0.3 is 10.1 Å². The predicted octanol–water partition coefficient (Wildman–Crippen LogP) is 3.20. The minimum absolute atomic E-state index is 0.648. The summed E-state index contributed by atoms with van der Waals surface area (Å²) in [6.45, 7) is 6.96. The summed E-state index contributed by atoms with van der Waals surface area (Å²) in [6.07, 6.45) is 3.65. The lowest BCUT2D eigenvalue weighted by Gasteiger charge is -2.13. The van der Waals surface area contributed by atoms with Crippen LogP contribution in [-0.4, -0.2) is 23.6 Å².